The van der Waals surface area contributed by atoms with E-state index in [0.29, 0.717) is 31.9 Å². The molecule has 9 heteroatoms. The lowest BCUT2D eigenvalue weighted by Crippen LogP contribution is -2.33. The van der Waals surface area contributed by atoms with Gasteiger partial charge in [-0.3, -0.25) is 19.2 Å². The van der Waals surface area contributed by atoms with Crippen LogP contribution in [-0.4, -0.2) is 77.4 Å². The van der Waals surface area contributed by atoms with Crippen LogP contribution >= 0.6 is 0 Å². The zero-order valence-electron chi connectivity index (χ0n) is 21.7. The van der Waals surface area contributed by atoms with Crippen molar-refractivity contribution < 1.29 is 19.1 Å². The summed E-state index contributed by atoms with van der Waals surface area (Å²) in [4.78, 5) is 29.1. The number of aromatic nitrogens is 2. The first-order valence-electron chi connectivity index (χ1n) is 12.5. The Hall–Kier alpha value is -3.69. The molecule has 196 valence electrons. The normalized spacial score (nSPS) is 17.1. The van der Waals surface area contributed by atoms with Crippen LogP contribution in [0.1, 0.15) is 17.5 Å². The molecule has 1 unspecified atom stereocenters. The van der Waals surface area contributed by atoms with E-state index in [4.69, 9.17) is 9.47 Å². The van der Waals surface area contributed by atoms with Gasteiger partial charge >= 0.3 is 0 Å². The Morgan fingerprint density at radius 1 is 1.14 bits per heavy atom. The van der Waals surface area contributed by atoms with Crippen LogP contribution in [0, 0.1) is 6.92 Å². The van der Waals surface area contributed by atoms with Crippen molar-refractivity contribution in [3.05, 3.63) is 78.1 Å². The number of nitrogens with zero attached hydrogens (tertiary/aromatic N) is 4. The average Bonchev–Trinajstić information content (AvgIpc) is 3.56. The second kappa shape index (κ2) is 12.5. The number of aryl methyl sites for hydroxylation is 1. The quantitative estimate of drug-likeness (QED) is 0.431. The third-order valence-electron chi connectivity index (χ3n) is 6.51. The molecule has 2 amide bonds. The summed E-state index contributed by atoms with van der Waals surface area (Å²) >= 11 is 0. The monoisotopic (exact) mass is 505 g/mol. The average molecular weight is 506 g/mol. The number of hydrogen-bond acceptors (Lipinski definition) is 6. The minimum Gasteiger partial charge on any atom is -0.492 e. The number of rotatable bonds is 11. The highest BCUT2D eigenvalue weighted by atomic mass is 16.5. The first-order valence-corrected chi connectivity index (χ1v) is 12.5. The Morgan fingerprint density at radius 3 is 2.65 bits per heavy atom. The van der Waals surface area contributed by atoms with Crippen LogP contribution in [0.5, 0.6) is 5.75 Å². The van der Waals surface area contributed by atoms with Crippen LogP contribution in [0.3, 0.4) is 0 Å². The van der Waals surface area contributed by atoms with E-state index in [2.05, 4.69) is 27.4 Å². The summed E-state index contributed by atoms with van der Waals surface area (Å²) in [6.45, 7) is 4.26. The molecule has 2 aromatic carbocycles. The maximum absolute atomic E-state index is 12.8. The molecule has 0 saturated carbocycles. The molecule has 4 rings (SSSR count). The molecule has 0 spiro atoms. The molecule has 2 heterocycles. The predicted molar refractivity (Wildman–Crippen MR) is 141 cm³/mol. The molecule has 1 saturated heterocycles. The number of anilines is 1. The lowest BCUT2D eigenvalue weighted by Gasteiger charge is -2.22. The van der Waals surface area contributed by atoms with Crippen molar-refractivity contribution in [2.75, 3.05) is 39.2 Å². The lowest BCUT2D eigenvalue weighted by molar-refractivity contribution is -0.131. The van der Waals surface area contributed by atoms with Gasteiger partial charge in [0.1, 0.15) is 25.0 Å². The number of ether oxygens (including phenoxy) is 2. The van der Waals surface area contributed by atoms with E-state index in [1.165, 1.54) is 15.8 Å². The molecule has 0 bridgehead atoms. The summed E-state index contributed by atoms with van der Waals surface area (Å²) in [6.07, 6.45) is 3.30. The van der Waals surface area contributed by atoms with Crippen molar-refractivity contribution in [1.29, 1.82) is 0 Å². The van der Waals surface area contributed by atoms with E-state index in [-0.39, 0.29) is 24.4 Å². The smallest absolute Gasteiger partial charge is 0.253 e. The van der Waals surface area contributed by atoms with Gasteiger partial charge in [0.05, 0.1) is 25.0 Å². The van der Waals surface area contributed by atoms with E-state index in [1.807, 2.05) is 56.4 Å². The SMILES string of the molecule is Cc1ccc(OCCN(C)C(=O)Cn2cc(NC(=O)[C@@H]3CC(N(C)Cc4ccccc4)CO3)cn2)cc1. The highest BCUT2D eigenvalue weighted by molar-refractivity contribution is 5.94. The van der Waals surface area contributed by atoms with Crippen molar-refractivity contribution >= 4 is 17.5 Å². The Labute approximate surface area is 218 Å². The number of amides is 2. The molecule has 1 fully saturated rings. The fraction of sp³-hybridized carbons (Fsp3) is 0.393. The summed E-state index contributed by atoms with van der Waals surface area (Å²) in [5.74, 6) is 0.475. The van der Waals surface area contributed by atoms with Crippen molar-refractivity contribution in [2.24, 2.45) is 0 Å². The zero-order valence-corrected chi connectivity index (χ0v) is 21.7. The van der Waals surface area contributed by atoms with Gasteiger partial charge in [-0.1, -0.05) is 48.0 Å². The van der Waals surface area contributed by atoms with Gasteiger partial charge in [0.2, 0.25) is 5.91 Å². The molecule has 2 atom stereocenters. The highest BCUT2D eigenvalue weighted by Gasteiger charge is 2.33. The van der Waals surface area contributed by atoms with Crippen LogP contribution in [0.2, 0.25) is 0 Å². The van der Waals surface area contributed by atoms with Gasteiger partial charge in [0, 0.05) is 32.3 Å². The van der Waals surface area contributed by atoms with E-state index < -0.39 is 6.10 Å². The number of likely N-dealkylation sites (N-methyl/N-ethyl adjacent to an activating group) is 2. The van der Waals surface area contributed by atoms with Crippen LogP contribution in [0.15, 0.2) is 67.0 Å². The van der Waals surface area contributed by atoms with E-state index in [9.17, 15) is 9.59 Å². The number of nitrogens with one attached hydrogen (secondary N) is 1. The van der Waals surface area contributed by atoms with Gasteiger partial charge < -0.3 is 19.7 Å². The van der Waals surface area contributed by atoms with Gasteiger partial charge in [0.15, 0.2) is 0 Å². The van der Waals surface area contributed by atoms with Crippen LogP contribution in [-0.2, 0) is 27.4 Å². The largest absolute Gasteiger partial charge is 0.492 e. The molecule has 1 N–H and O–H groups in total. The molecule has 1 aliphatic heterocycles. The third kappa shape index (κ3) is 7.65. The van der Waals surface area contributed by atoms with E-state index in [1.54, 1.807) is 24.3 Å². The van der Waals surface area contributed by atoms with E-state index in [0.717, 1.165) is 12.3 Å². The van der Waals surface area contributed by atoms with Crippen molar-refractivity contribution in [3.63, 3.8) is 0 Å². The van der Waals surface area contributed by atoms with Crippen molar-refractivity contribution in [2.45, 2.75) is 38.6 Å². The lowest BCUT2D eigenvalue weighted by atomic mass is 10.1. The minimum atomic E-state index is -0.520. The highest BCUT2D eigenvalue weighted by Crippen LogP contribution is 2.21. The summed E-state index contributed by atoms with van der Waals surface area (Å²) in [5.41, 5.74) is 2.93. The summed E-state index contributed by atoms with van der Waals surface area (Å²) in [6, 6.07) is 18.2. The molecule has 1 aromatic heterocycles. The molecule has 0 radical (unpaired) electrons. The molecule has 0 aliphatic carbocycles. The zero-order chi connectivity index (χ0) is 26.2. The second-order valence-electron chi connectivity index (χ2n) is 9.50. The molecular formula is C28H35N5O4. The molecular weight excluding hydrogens is 470 g/mol. The second-order valence-corrected chi connectivity index (χ2v) is 9.50. The number of carbonyl (C=O) groups excluding carboxylic acids is 2. The maximum Gasteiger partial charge on any atom is 0.253 e. The molecule has 37 heavy (non-hydrogen) atoms. The van der Waals surface area contributed by atoms with Gasteiger partial charge in [-0.2, -0.15) is 5.10 Å². The predicted octanol–water partition coefficient (Wildman–Crippen LogP) is 2.96. The number of hydrogen-bond donors (Lipinski definition) is 1. The number of carbonyl (C=O) groups is 2. The van der Waals surface area contributed by atoms with Crippen LogP contribution in [0.4, 0.5) is 5.69 Å². The first kappa shape index (κ1) is 26.4. The van der Waals surface area contributed by atoms with E-state index >= 15 is 0 Å². The first-order chi connectivity index (χ1) is 17.9. The molecule has 1 aliphatic rings. The van der Waals surface area contributed by atoms with Crippen molar-refractivity contribution in [3.8, 4) is 5.75 Å². The Bertz CT molecular complexity index is 1160. The molecule has 9 nitrogen and oxygen atoms in total. The number of benzene rings is 2. The minimum absolute atomic E-state index is 0.0726. The van der Waals surface area contributed by atoms with Crippen LogP contribution in [0.25, 0.3) is 0 Å². The molecule has 3 aromatic rings. The summed E-state index contributed by atoms with van der Waals surface area (Å²) < 4.78 is 13.0. The standard InChI is InChI=1S/C28H35N5O4/c1-21-9-11-25(12-10-21)36-14-13-31(2)27(34)19-33-18-23(16-29-33)30-28(35)26-15-24(20-37-26)32(3)17-22-7-5-4-6-8-22/h4-12,16,18,24,26H,13-15,17,19-20H2,1-3H3,(H,30,35)/t24?,26-/m0/s1. The summed E-state index contributed by atoms with van der Waals surface area (Å²) in [7, 11) is 3.78. The Balaban J connectivity index is 1.19. The van der Waals surface area contributed by atoms with Gasteiger partial charge in [0.25, 0.3) is 5.91 Å². The van der Waals surface area contributed by atoms with Gasteiger partial charge in [-0.05, 0) is 31.7 Å². The maximum atomic E-state index is 12.8. The van der Waals surface area contributed by atoms with Gasteiger partial charge in [-0.25, -0.2) is 0 Å². The fourth-order valence-corrected chi connectivity index (χ4v) is 4.16. The Morgan fingerprint density at radius 2 is 1.89 bits per heavy atom. The van der Waals surface area contributed by atoms with Crippen molar-refractivity contribution in [1.82, 2.24) is 19.6 Å². The van der Waals surface area contributed by atoms with Crippen LogP contribution < -0.4 is 10.1 Å². The Kier molecular flexibility index (Phi) is 8.92. The van der Waals surface area contributed by atoms with Gasteiger partial charge in [-0.15, -0.1) is 0 Å². The third-order valence-corrected chi connectivity index (χ3v) is 6.51. The summed E-state index contributed by atoms with van der Waals surface area (Å²) in [5, 5.41) is 7.08. The topological polar surface area (TPSA) is 88.9 Å². The fourth-order valence-electron chi connectivity index (χ4n) is 4.16.